The second kappa shape index (κ2) is 8.31. The third kappa shape index (κ3) is 3.94. The summed E-state index contributed by atoms with van der Waals surface area (Å²) in [5.41, 5.74) is 2.08. The number of fused-ring (bicyclic) bond motifs is 1. The molecule has 0 bridgehead atoms. The van der Waals surface area contributed by atoms with Crippen molar-refractivity contribution in [3.05, 3.63) is 71.8 Å². The quantitative estimate of drug-likeness (QED) is 0.672. The maximum Gasteiger partial charge on any atom is 0.166 e. The number of hydrogen-bond acceptors (Lipinski definition) is 4. The van der Waals surface area contributed by atoms with Crippen LogP contribution in [0.25, 0.3) is 10.8 Å². The number of aromatic hydroxyl groups is 1. The van der Waals surface area contributed by atoms with Crippen molar-refractivity contribution in [2.75, 3.05) is 33.3 Å². The van der Waals surface area contributed by atoms with Gasteiger partial charge < -0.3 is 14.7 Å². The number of hydrogen-bond donors (Lipinski definition) is 2. The van der Waals surface area contributed by atoms with Gasteiger partial charge in [0, 0.05) is 11.1 Å². The Bertz CT molecular complexity index is 973. The smallest absolute Gasteiger partial charge is 0.166 e. The predicted molar refractivity (Wildman–Crippen MR) is 112 cm³/mol. The Morgan fingerprint density at radius 1 is 1.04 bits per heavy atom. The summed E-state index contributed by atoms with van der Waals surface area (Å²) in [6.07, 6.45) is 1.72. The molecule has 3 aromatic carbocycles. The van der Waals surface area contributed by atoms with E-state index in [1.807, 2.05) is 12.1 Å². The molecule has 0 amide bonds. The molecule has 1 aliphatic heterocycles. The molecule has 1 saturated heterocycles. The minimum atomic E-state index is 0.133. The molecule has 0 radical (unpaired) electrons. The molecule has 1 fully saturated rings. The highest BCUT2D eigenvalue weighted by molar-refractivity contribution is 5.85. The van der Waals surface area contributed by atoms with Gasteiger partial charge in [-0.05, 0) is 22.9 Å². The number of methoxy groups -OCH3 is 1. The highest BCUT2D eigenvalue weighted by Crippen LogP contribution is 2.28. The maximum atomic E-state index is 10.2. The zero-order valence-corrected chi connectivity index (χ0v) is 16.1. The van der Waals surface area contributed by atoms with Crippen LogP contribution in [0.3, 0.4) is 0 Å². The largest absolute Gasteiger partial charge is 0.504 e. The number of para-hydroxylation sites is 1. The lowest BCUT2D eigenvalue weighted by atomic mass is 10.0. The normalized spacial score (nSPS) is 15.4. The van der Waals surface area contributed by atoms with Crippen LogP contribution in [0.4, 0.5) is 0 Å². The number of ether oxygens (including phenoxy) is 1. The van der Waals surface area contributed by atoms with E-state index in [9.17, 15) is 5.11 Å². The number of piperazine rings is 1. The van der Waals surface area contributed by atoms with Gasteiger partial charge in [-0.15, -0.1) is 0 Å². The fraction of sp³-hybridized carbons (Fsp3) is 0.261. The first kappa shape index (κ1) is 18.3. The van der Waals surface area contributed by atoms with Gasteiger partial charge in [-0.25, -0.2) is 0 Å². The van der Waals surface area contributed by atoms with Crippen LogP contribution in [-0.2, 0) is 6.54 Å². The van der Waals surface area contributed by atoms with Gasteiger partial charge in [-0.3, -0.25) is 5.01 Å². The minimum Gasteiger partial charge on any atom is -0.504 e. The lowest BCUT2D eigenvalue weighted by molar-refractivity contribution is -0.918. The fourth-order valence-corrected chi connectivity index (χ4v) is 3.77. The zero-order valence-electron chi connectivity index (χ0n) is 16.1. The molecule has 1 heterocycles. The van der Waals surface area contributed by atoms with Crippen molar-refractivity contribution < 1.29 is 14.7 Å². The van der Waals surface area contributed by atoms with Crippen LogP contribution in [0.1, 0.15) is 11.1 Å². The second-order valence-electron chi connectivity index (χ2n) is 7.16. The van der Waals surface area contributed by atoms with Gasteiger partial charge in [-0.1, -0.05) is 48.5 Å². The third-order valence-corrected chi connectivity index (χ3v) is 5.38. The zero-order chi connectivity index (χ0) is 19.3. The molecular formula is C23H26N3O2+. The number of nitrogens with zero attached hydrogens (tertiary/aromatic N) is 2. The summed E-state index contributed by atoms with van der Waals surface area (Å²) in [5.74, 6) is 0.599. The maximum absolute atomic E-state index is 10.2. The number of phenolic OH excluding ortho intramolecular Hbond substituents is 1. The summed E-state index contributed by atoms with van der Waals surface area (Å²) in [5, 5.41) is 19.5. The van der Waals surface area contributed by atoms with Gasteiger partial charge in [0.15, 0.2) is 11.5 Å². The number of rotatable bonds is 5. The van der Waals surface area contributed by atoms with Crippen molar-refractivity contribution in [1.29, 1.82) is 0 Å². The summed E-state index contributed by atoms with van der Waals surface area (Å²) in [6, 6.07) is 20.6. The number of hydrazone groups is 1. The molecule has 144 valence electrons. The van der Waals surface area contributed by atoms with E-state index < -0.39 is 0 Å². The lowest BCUT2D eigenvalue weighted by Gasteiger charge is -2.30. The average Bonchev–Trinajstić information content (AvgIpc) is 2.74. The lowest BCUT2D eigenvalue weighted by Crippen LogP contribution is -3.13. The number of nitrogens with one attached hydrogen (secondary N) is 1. The van der Waals surface area contributed by atoms with Gasteiger partial charge in [0.25, 0.3) is 0 Å². The van der Waals surface area contributed by atoms with Crippen molar-refractivity contribution in [2.24, 2.45) is 5.10 Å². The van der Waals surface area contributed by atoms with Gasteiger partial charge in [0.1, 0.15) is 6.54 Å². The van der Waals surface area contributed by atoms with Crippen LogP contribution in [0.15, 0.2) is 65.8 Å². The van der Waals surface area contributed by atoms with E-state index >= 15 is 0 Å². The van der Waals surface area contributed by atoms with Crippen molar-refractivity contribution in [1.82, 2.24) is 5.01 Å². The van der Waals surface area contributed by atoms with E-state index in [-0.39, 0.29) is 5.75 Å². The van der Waals surface area contributed by atoms with Crippen molar-refractivity contribution >= 4 is 17.0 Å². The molecule has 5 heteroatoms. The van der Waals surface area contributed by atoms with Crippen LogP contribution in [0, 0.1) is 0 Å². The van der Waals surface area contributed by atoms with Gasteiger partial charge in [0.2, 0.25) is 0 Å². The van der Waals surface area contributed by atoms with E-state index in [1.165, 1.54) is 16.3 Å². The summed E-state index contributed by atoms with van der Waals surface area (Å²) in [4.78, 5) is 1.58. The molecule has 0 atom stereocenters. The van der Waals surface area contributed by atoms with Gasteiger partial charge in [0.05, 0.1) is 39.5 Å². The van der Waals surface area contributed by atoms with Crippen LogP contribution < -0.4 is 9.64 Å². The monoisotopic (exact) mass is 376 g/mol. The second-order valence-corrected chi connectivity index (χ2v) is 7.16. The van der Waals surface area contributed by atoms with Crippen LogP contribution in [-0.4, -0.2) is 49.6 Å². The molecule has 0 unspecified atom stereocenters. The molecule has 2 N–H and O–H groups in total. The van der Waals surface area contributed by atoms with E-state index in [0.29, 0.717) is 11.3 Å². The molecule has 4 rings (SSSR count). The highest BCUT2D eigenvalue weighted by Gasteiger charge is 2.19. The molecule has 5 nitrogen and oxygen atoms in total. The van der Waals surface area contributed by atoms with Crippen molar-refractivity contribution in [3.63, 3.8) is 0 Å². The number of benzene rings is 3. The number of quaternary nitrogens is 1. The van der Waals surface area contributed by atoms with E-state index in [0.717, 1.165) is 32.7 Å². The molecule has 0 saturated carbocycles. The Morgan fingerprint density at radius 2 is 1.79 bits per heavy atom. The Balaban J connectivity index is 1.37. The minimum absolute atomic E-state index is 0.133. The SMILES string of the molecule is COc1cccc(C=NN2CC[NH+](Cc3cccc4ccccc34)CC2)c1O. The van der Waals surface area contributed by atoms with Gasteiger partial charge >= 0.3 is 0 Å². The van der Waals surface area contributed by atoms with E-state index in [1.54, 1.807) is 24.3 Å². The molecular weight excluding hydrogens is 350 g/mol. The van der Waals surface area contributed by atoms with Crippen LogP contribution in [0.5, 0.6) is 11.5 Å². The third-order valence-electron chi connectivity index (χ3n) is 5.38. The molecule has 28 heavy (non-hydrogen) atoms. The molecule has 1 aliphatic rings. The van der Waals surface area contributed by atoms with Crippen molar-refractivity contribution in [2.45, 2.75) is 6.54 Å². The first-order valence-corrected chi connectivity index (χ1v) is 9.69. The van der Waals surface area contributed by atoms with Crippen LogP contribution in [0.2, 0.25) is 0 Å². The topological polar surface area (TPSA) is 49.5 Å². The molecule has 0 aliphatic carbocycles. The van der Waals surface area contributed by atoms with E-state index in [2.05, 4.69) is 52.6 Å². The van der Waals surface area contributed by atoms with Crippen molar-refractivity contribution in [3.8, 4) is 11.5 Å². The molecule has 0 aromatic heterocycles. The Morgan fingerprint density at radius 3 is 2.61 bits per heavy atom. The summed E-state index contributed by atoms with van der Waals surface area (Å²) >= 11 is 0. The number of phenols is 1. The average molecular weight is 376 g/mol. The summed E-state index contributed by atoms with van der Waals surface area (Å²) in [7, 11) is 1.55. The van der Waals surface area contributed by atoms with Crippen LogP contribution >= 0.6 is 0 Å². The molecule has 0 spiro atoms. The first-order valence-electron chi connectivity index (χ1n) is 9.69. The predicted octanol–water partition coefficient (Wildman–Crippen LogP) is 2.29. The Hall–Kier alpha value is -3.05. The Kier molecular flexibility index (Phi) is 5.44. The fourth-order valence-electron chi connectivity index (χ4n) is 3.77. The first-order chi connectivity index (χ1) is 13.7. The summed E-state index contributed by atoms with van der Waals surface area (Å²) < 4.78 is 5.15. The Labute approximate surface area is 165 Å². The van der Waals surface area contributed by atoms with E-state index in [4.69, 9.17) is 4.74 Å². The highest BCUT2D eigenvalue weighted by atomic mass is 16.5. The summed E-state index contributed by atoms with van der Waals surface area (Å²) in [6.45, 7) is 4.94. The molecule has 3 aromatic rings. The standard InChI is InChI=1S/C23H25N3O2/c1-28-22-11-5-8-19(23(22)27)16-24-26-14-12-25(13-15-26)17-20-9-4-7-18-6-2-3-10-21(18)20/h2-11,16,27H,12-15,17H2,1H3/p+1. The van der Waals surface area contributed by atoms with Gasteiger partial charge in [-0.2, -0.15) is 5.10 Å².